The highest BCUT2D eigenvalue weighted by Crippen LogP contribution is 2.30. The van der Waals surface area contributed by atoms with Gasteiger partial charge in [0, 0.05) is 19.6 Å². The van der Waals surface area contributed by atoms with E-state index in [2.05, 4.69) is 17.1 Å². The number of carbonyl (C=O) groups excluding carboxylic acids is 1. The van der Waals surface area contributed by atoms with Crippen molar-refractivity contribution in [3.05, 3.63) is 18.2 Å². The van der Waals surface area contributed by atoms with Crippen molar-refractivity contribution >= 4 is 21.6 Å². The monoisotopic (exact) mass is 429 g/mol. The van der Waals surface area contributed by atoms with Crippen molar-refractivity contribution in [3.63, 3.8) is 0 Å². The third-order valence-corrected chi connectivity index (χ3v) is 6.98. The highest BCUT2D eigenvalue weighted by Gasteiger charge is 2.28. The molecular formula is C19H31N3O6S. The maximum Gasteiger partial charge on any atom is 0.243 e. The number of likely N-dealkylation sites (tertiary alicyclic amines) is 1. The number of amides is 1. The first kappa shape index (κ1) is 23.6. The van der Waals surface area contributed by atoms with Crippen molar-refractivity contribution in [1.29, 1.82) is 0 Å². The van der Waals surface area contributed by atoms with Crippen LogP contribution in [0, 0.1) is 5.92 Å². The normalized spacial score (nSPS) is 18.0. The maximum atomic E-state index is 12.9. The Bertz CT molecular complexity index is 780. The minimum Gasteiger partial charge on any atom is -0.495 e. The fourth-order valence-electron chi connectivity index (χ4n) is 3.46. The Morgan fingerprint density at radius 1 is 1.31 bits per heavy atom. The van der Waals surface area contributed by atoms with E-state index in [4.69, 9.17) is 14.9 Å². The summed E-state index contributed by atoms with van der Waals surface area (Å²) in [6, 6.07) is 4.22. The molecule has 1 aliphatic rings. The Morgan fingerprint density at radius 2 is 2.00 bits per heavy atom. The fourth-order valence-corrected chi connectivity index (χ4v) is 4.91. The minimum absolute atomic E-state index is 0.0469. The van der Waals surface area contributed by atoms with Gasteiger partial charge in [-0.15, -0.1) is 0 Å². The molecule has 1 saturated heterocycles. The van der Waals surface area contributed by atoms with Crippen molar-refractivity contribution in [3.8, 4) is 5.75 Å². The predicted molar refractivity (Wildman–Crippen MR) is 109 cm³/mol. The molecule has 0 bridgehead atoms. The zero-order valence-corrected chi connectivity index (χ0v) is 17.8. The Balaban J connectivity index is 2.27. The second kappa shape index (κ2) is 10.9. The molecule has 164 valence electrons. The topological polar surface area (TPSA) is 119 Å². The Hall–Kier alpha value is -1.72. The van der Waals surface area contributed by atoms with Crippen LogP contribution in [-0.2, 0) is 14.8 Å². The molecule has 2 rings (SSSR count). The lowest BCUT2D eigenvalue weighted by molar-refractivity contribution is -0.121. The van der Waals surface area contributed by atoms with Crippen LogP contribution in [-0.4, -0.2) is 86.8 Å². The van der Waals surface area contributed by atoms with E-state index >= 15 is 0 Å². The van der Waals surface area contributed by atoms with E-state index in [1.807, 2.05) is 0 Å². The number of nitrogens with one attached hydrogen (secondary N) is 1. The number of carbonyl (C=O) groups is 1. The highest BCUT2D eigenvalue weighted by molar-refractivity contribution is 7.89. The van der Waals surface area contributed by atoms with E-state index < -0.39 is 10.0 Å². The summed E-state index contributed by atoms with van der Waals surface area (Å²) in [7, 11) is -2.50. The number of rotatable bonds is 10. The molecule has 10 heteroatoms. The van der Waals surface area contributed by atoms with Gasteiger partial charge >= 0.3 is 0 Å². The number of nitrogens with zero attached hydrogens (tertiary/aromatic N) is 2. The Labute approximate surface area is 172 Å². The first-order chi connectivity index (χ1) is 13.9. The van der Waals surface area contributed by atoms with E-state index in [-0.39, 0.29) is 48.7 Å². The van der Waals surface area contributed by atoms with Crippen LogP contribution < -0.4 is 10.1 Å². The van der Waals surface area contributed by atoms with Gasteiger partial charge in [0.1, 0.15) is 5.75 Å². The summed E-state index contributed by atoms with van der Waals surface area (Å²) >= 11 is 0. The van der Waals surface area contributed by atoms with E-state index in [9.17, 15) is 13.2 Å². The fraction of sp³-hybridized carbons (Fsp3) is 0.632. The van der Waals surface area contributed by atoms with Crippen molar-refractivity contribution in [2.45, 2.75) is 24.7 Å². The third kappa shape index (κ3) is 5.89. The number of hydrogen-bond acceptors (Lipinski definition) is 7. The molecule has 0 radical (unpaired) electrons. The standard InChI is InChI=1S/C19H31N3O6S/c1-3-21-8-4-5-15(14-21)19(25)20-17-13-16(6-7-18(17)28-2)29(26,27)22(9-11-23)10-12-24/h6-7,13,15,23-24H,3-5,8-12,14H2,1-2H3,(H,20,25). The van der Waals surface area contributed by atoms with Crippen molar-refractivity contribution in [1.82, 2.24) is 9.21 Å². The van der Waals surface area contributed by atoms with Gasteiger partial charge < -0.3 is 25.2 Å². The Kier molecular flexibility index (Phi) is 8.84. The summed E-state index contributed by atoms with van der Waals surface area (Å²) in [4.78, 5) is 14.9. The molecule has 1 atom stereocenters. The van der Waals surface area contributed by atoms with Crippen LogP contribution in [0.5, 0.6) is 5.75 Å². The van der Waals surface area contributed by atoms with Gasteiger partial charge in [0.05, 0.1) is 36.8 Å². The highest BCUT2D eigenvalue weighted by atomic mass is 32.2. The number of aliphatic hydroxyl groups excluding tert-OH is 2. The Morgan fingerprint density at radius 3 is 2.59 bits per heavy atom. The molecule has 0 aromatic heterocycles. The van der Waals surface area contributed by atoms with E-state index in [1.165, 1.54) is 25.3 Å². The van der Waals surface area contributed by atoms with E-state index in [0.29, 0.717) is 12.3 Å². The second-order valence-corrected chi connectivity index (χ2v) is 8.87. The summed E-state index contributed by atoms with van der Waals surface area (Å²) in [5.74, 6) is 0.0174. The number of sulfonamides is 1. The van der Waals surface area contributed by atoms with Gasteiger partial charge in [-0.05, 0) is 44.1 Å². The van der Waals surface area contributed by atoms with Gasteiger partial charge in [0.15, 0.2) is 0 Å². The van der Waals surface area contributed by atoms with Crippen LogP contribution in [0.1, 0.15) is 19.8 Å². The molecule has 1 aliphatic heterocycles. The van der Waals surface area contributed by atoms with Gasteiger partial charge in [-0.1, -0.05) is 6.92 Å². The number of benzene rings is 1. The lowest BCUT2D eigenvalue weighted by Gasteiger charge is -2.31. The maximum absolute atomic E-state index is 12.9. The summed E-state index contributed by atoms with van der Waals surface area (Å²) in [6.45, 7) is 3.58. The van der Waals surface area contributed by atoms with Crippen LogP contribution in [0.15, 0.2) is 23.1 Å². The van der Waals surface area contributed by atoms with Crippen molar-refractivity contribution in [2.24, 2.45) is 5.92 Å². The van der Waals surface area contributed by atoms with Gasteiger partial charge in [-0.2, -0.15) is 4.31 Å². The molecule has 1 unspecified atom stereocenters. The van der Waals surface area contributed by atoms with E-state index in [1.54, 1.807) is 0 Å². The summed E-state index contributed by atoms with van der Waals surface area (Å²) in [5, 5.41) is 21.1. The molecular weight excluding hydrogens is 398 g/mol. The molecule has 29 heavy (non-hydrogen) atoms. The third-order valence-electron chi connectivity index (χ3n) is 5.09. The zero-order valence-electron chi connectivity index (χ0n) is 17.0. The first-order valence-electron chi connectivity index (χ1n) is 9.80. The zero-order chi connectivity index (χ0) is 21.4. The van der Waals surface area contributed by atoms with Gasteiger partial charge in [-0.3, -0.25) is 4.79 Å². The average Bonchev–Trinajstić information content (AvgIpc) is 2.73. The molecule has 1 amide bonds. The van der Waals surface area contributed by atoms with Crippen LogP contribution >= 0.6 is 0 Å². The van der Waals surface area contributed by atoms with Gasteiger partial charge in [0.25, 0.3) is 0 Å². The van der Waals surface area contributed by atoms with Crippen molar-refractivity contribution in [2.75, 3.05) is 58.4 Å². The molecule has 0 saturated carbocycles. The molecule has 9 nitrogen and oxygen atoms in total. The van der Waals surface area contributed by atoms with Crippen LogP contribution in [0.4, 0.5) is 5.69 Å². The average molecular weight is 430 g/mol. The summed E-state index contributed by atoms with van der Waals surface area (Å²) < 4.78 is 32.0. The summed E-state index contributed by atoms with van der Waals surface area (Å²) in [5.41, 5.74) is 0.278. The number of methoxy groups -OCH3 is 1. The molecule has 1 aromatic rings. The van der Waals surface area contributed by atoms with Crippen LogP contribution in [0.3, 0.4) is 0 Å². The quantitative estimate of drug-likeness (QED) is 0.491. The lowest BCUT2D eigenvalue weighted by atomic mass is 9.97. The van der Waals surface area contributed by atoms with Gasteiger partial charge in [0.2, 0.25) is 15.9 Å². The largest absolute Gasteiger partial charge is 0.495 e. The second-order valence-electron chi connectivity index (χ2n) is 6.94. The van der Waals surface area contributed by atoms with Gasteiger partial charge in [-0.25, -0.2) is 8.42 Å². The molecule has 1 aromatic carbocycles. The predicted octanol–water partition coefficient (Wildman–Crippen LogP) is 0.341. The number of anilines is 1. The molecule has 0 spiro atoms. The van der Waals surface area contributed by atoms with Crippen LogP contribution in [0.25, 0.3) is 0 Å². The summed E-state index contributed by atoms with van der Waals surface area (Å²) in [6.07, 6.45) is 1.72. The van der Waals surface area contributed by atoms with Crippen LogP contribution in [0.2, 0.25) is 0 Å². The molecule has 1 fully saturated rings. The SMILES string of the molecule is CCN1CCCC(C(=O)Nc2cc(S(=O)(=O)N(CCO)CCO)ccc2OC)C1. The number of ether oxygens (including phenoxy) is 1. The number of hydrogen-bond donors (Lipinski definition) is 3. The molecule has 1 heterocycles. The van der Waals surface area contributed by atoms with E-state index in [0.717, 1.165) is 30.2 Å². The minimum atomic E-state index is -3.95. The molecule has 0 aliphatic carbocycles. The smallest absolute Gasteiger partial charge is 0.243 e. The first-order valence-corrected chi connectivity index (χ1v) is 11.2. The lowest BCUT2D eigenvalue weighted by Crippen LogP contribution is -2.40. The van der Waals surface area contributed by atoms with Crippen molar-refractivity contribution < 1.29 is 28.2 Å². The molecule has 3 N–H and O–H groups in total. The number of piperidine rings is 1. The number of aliphatic hydroxyl groups is 2.